The van der Waals surface area contributed by atoms with Gasteiger partial charge in [-0.05, 0) is 66.7 Å². The average Bonchev–Trinajstić information content (AvgIpc) is 2.79. The summed E-state index contributed by atoms with van der Waals surface area (Å²) in [4.78, 5) is 26.0. The quantitative estimate of drug-likeness (QED) is 0.529. The van der Waals surface area contributed by atoms with Crippen molar-refractivity contribution in [3.05, 3.63) is 33.4 Å². The number of carbonyl (C=O) groups excluding carboxylic acids is 2. The van der Waals surface area contributed by atoms with Crippen LogP contribution in [0.15, 0.2) is 24.3 Å². The van der Waals surface area contributed by atoms with Gasteiger partial charge in [-0.2, -0.15) is 0 Å². The van der Waals surface area contributed by atoms with Gasteiger partial charge in [-0.25, -0.2) is 4.79 Å². The van der Waals surface area contributed by atoms with Crippen molar-refractivity contribution >= 4 is 34.5 Å². The van der Waals surface area contributed by atoms with E-state index in [0.717, 1.165) is 22.8 Å². The van der Waals surface area contributed by atoms with Crippen LogP contribution in [0.1, 0.15) is 36.5 Å². The predicted octanol–water partition coefficient (Wildman–Crippen LogP) is 2.86. The summed E-state index contributed by atoms with van der Waals surface area (Å²) in [6.45, 7) is 1.72. The first-order valence-electron chi connectivity index (χ1n) is 8.27. The number of halogens is 1. The summed E-state index contributed by atoms with van der Waals surface area (Å²) in [5, 5.41) is 0. The van der Waals surface area contributed by atoms with Gasteiger partial charge in [0.05, 0.1) is 12.2 Å². The Morgan fingerprint density at radius 1 is 1.25 bits per heavy atom. The maximum absolute atomic E-state index is 12.5. The Balaban J connectivity index is 1.72. The van der Waals surface area contributed by atoms with E-state index in [1.165, 1.54) is 6.92 Å². The van der Waals surface area contributed by atoms with Gasteiger partial charge in [0.2, 0.25) is 0 Å². The number of hydrogen-bond donors (Lipinski definition) is 0. The van der Waals surface area contributed by atoms with Gasteiger partial charge < -0.3 is 9.47 Å². The van der Waals surface area contributed by atoms with Crippen LogP contribution in [0.25, 0.3) is 0 Å². The molecule has 2 heterocycles. The molecule has 3 rings (SSSR count). The molecule has 2 bridgehead atoms. The Kier molecular flexibility index (Phi) is 5.44. The Morgan fingerprint density at radius 3 is 2.62 bits per heavy atom. The van der Waals surface area contributed by atoms with E-state index < -0.39 is 0 Å². The van der Waals surface area contributed by atoms with Crippen molar-refractivity contribution in [1.82, 2.24) is 4.90 Å². The standard InChI is InChI=1S/C18H22INO4/c1-11(21)23-10-15-16-8-7-14(20(16)2)9-17(15)24-18(22)12-3-5-13(19)6-4-12/h3-6,14-17H,7-10H2,1-2H3/t14?,15-,16?,17+/m1/s1. The van der Waals surface area contributed by atoms with Crippen LogP contribution in [0.4, 0.5) is 0 Å². The number of ether oxygens (including phenoxy) is 2. The van der Waals surface area contributed by atoms with Crippen LogP contribution in [0.3, 0.4) is 0 Å². The third-order valence-corrected chi connectivity index (χ3v) is 5.91. The molecule has 6 heteroatoms. The lowest BCUT2D eigenvalue weighted by Gasteiger charge is -2.42. The van der Waals surface area contributed by atoms with Crippen molar-refractivity contribution in [1.29, 1.82) is 0 Å². The summed E-state index contributed by atoms with van der Waals surface area (Å²) in [5.74, 6) is -0.556. The van der Waals surface area contributed by atoms with Gasteiger partial charge in [-0.15, -0.1) is 0 Å². The van der Waals surface area contributed by atoms with Gasteiger partial charge in [0.15, 0.2) is 0 Å². The molecule has 0 amide bonds. The smallest absolute Gasteiger partial charge is 0.338 e. The lowest BCUT2D eigenvalue weighted by atomic mass is 9.88. The second-order valence-electron chi connectivity index (χ2n) is 6.62. The molecule has 2 saturated heterocycles. The minimum Gasteiger partial charge on any atom is -0.465 e. The molecule has 130 valence electrons. The Hall–Kier alpha value is -1.15. The van der Waals surface area contributed by atoms with Crippen molar-refractivity contribution in [2.24, 2.45) is 5.92 Å². The zero-order chi connectivity index (χ0) is 17.3. The Morgan fingerprint density at radius 2 is 1.96 bits per heavy atom. The van der Waals surface area contributed by atoms with Gasteiger partial charge in [-0.3, -0.25) is 9.69 Å². The van der Waals surface area contributed by atoms with Crippen LogP contribution in [-0.4, -0.2) is 48.7 Å². The van der Waals surface area contributed by atoms with Gasteiger partial charge >= 0.3 is 11.9 Å². The summed E-state index contributed by atoms with van der Waals surface area (Å²) >= 11 is 2.21. The normalized spacial score (nSPS) is 29.3. The maximum atomic E-state index is 12.5. The van der Waals surface area contributed by atoms with Crippen LogP contribution >= 0.6 is 22.6 Å². The summed E-state index contributed by atoms with van der Waals surface area (Å²) in [6.07, 6.45) is 2.76. The minimum atomic E-state index is -0.298. The molecular weight excluding hydrogens is 421 g/mol. The van der Waals surface area contributed by atoms with Crippen molar-refractivity contribution in [3.63, 3.8) is 0 Å². The van der Waals surface area contributed by atoms with Crippen LogP contribution in [-0.2, 0) is 14.3 Å². The van der Waals surface area contributed by atoms with Gasteiger partial charge in [0.1, 0.15) is 6.10 Å². The third-order valence-electron chi connectivity index (χ3n) is 5.19. The maximum Gasteiger partial charge on any atom is 0.338 e. The highest BCUT2D eigenvalue weighted by atomic mass is 127. The largest absolute Gasteiger partial charge is 0.465 e. The van der Waals surface area contributed by atoms with Crippen LogP contribution in [0, 0.1) is 9.49 Å². The molecule has 0 aromatic heterocycles. The highest BCUT2D eigenvalue weighted by molar-refractivity contribution is 14.1. The number of carbonyl (C=O) groups is 2. The van der Waals surface area contributed by atoms with E-state index in [1.54, 1.807) is 12.1 Å². The second-order valence-corrected chi connectivity index (χ2v) is 7.86. The highest BCUT2D eigenvalue weighted by Gasteiger charge is 2.47. The van der Waals surface area contributed by atoms with Crippen LogP contribution in [0.2, 0.25) is 0 Å². The molecule has 2 unspecified atom stereocenters. The van der Waals surface area contributed by atoms with E-state index in [9.17, 15) is 9.59 Å². The van der Waals surface area contributed by atoms with Crippen molar-refractivity contribution in [2.45, 2.75) is 44.4 Å². The molecule has 0 aliphatic carbocycles. The molecule has 24 heavy (non-hydrogen) atoms. The molecule has 0 saturated carbocycles. The minimum absolute atomic E-state index is 0.0328. The molecule has 2 fully saturated rings. The number of benzene rings is 1. The number of piperidine rings is 1. The molecule has 2 aliphatic rings. The monoisotopic (exact) mass is 443 g/mol. The first-order valence-corrected chi connectivity index (χ1v) is 9.35. The summed E-state index contributed by atoms with van der Waals surface area (Å²) in [7, 11) is 2.11. The predicted molar refractivity (Wildman–Crippen MR) is 97.7 cm³/mol. The first kappa shape index (κ1) is 17.7. The number of fused-ring (bicyclic) bond motifs is 2. The zero-order valence-corrected chi connectivity index (χ0v) is 16.1. The topological polar surface area (TPSA) is 55.8 Å². The van der Waals surface area contributed by atoms with E-state index in [0.29, 0.717) is 24.3 Å². The molecule has 0 N–H and O–H groups in total. The van der Waals surface area contributed by atoms with Gasteiger partial charge in [0.25, 0.3) is 0 Å². The molecule has 2 aliphatic heterocycles. The summed E-state index contributed by atoms with van der Waals surface area (Å²) < 4.78 is 12.2. The Labute approximate surface area is 155 Å². The fourth-order valence-electron chi connectivity index (χ4n) is 3.89. The zero-order valence-electron chi connectivity index (χ0n) is 13.9. The lowest BCUT2D eigenvalue weighted by molar-refractivity contribution is -0.146. The van der Waals surface area contributed by atoms with Crippen molar-refractivity contribution < 1.29 is 19.1 Å². The number of nitrogens with zero attached hydrogens (tertiary/aromatic N) is 1. The first-order chi connectivity index (χ1) is 11.5. The molecule has 1 aromatic carbocycles. The Bertz CT molecular complexity index is 618. The fourth-order valence-corrected chi connectivity index (χ4v) is 4.25. The molecule has 0 radical (unpaired) electrons. The van der Waals surface area contributed by atoms with Crippen LogP contribution < -0.4 is 0 Å². The molecular formula is C18H22INO4. The van der Waals surface area contributed by atoms with Gasteiger partial charge in [-0.1, -0.05) is 0 Å². The van der Waals surface area contributed by atoms with Gasteiger partial charge in [0, 0.05) is 34.9 Å². The number of rotatable bonds is 4. The SMILES string of the molecule is CC(=O)OC[C@@H]1C2CCC(C[C@@H]1OC(=O)c1ccc(I)cc1)N2C. The lowest BCUT2D eigenvalue weighted by Crippen LogP contribution is -2.52. The van der Waals surface area contributed by atoms with Crippen LogP contribution in [0.5, 0.6) is 0 Å². The molecule has 4 atom stereocenters. The van der Waals surface area contributed by atoms with E-state index in [4.69, 9.17) is 9.47 Å². The summed E-state index contributed by atoms with van der Waals surface area (Å²) in [5.41, 5.74) is 0.563. The molecule has 5 nitrogen and oxygen atoms in total. The van der Waals surface area contributed by atoms with Crippen molar-refractivity contribution in [2.75, 3.05) is 13.7 Å². The third kappa shape index (κ3) is 3.74. The van der Waals surface area contributed by atoms with E-state index in [1.807, 2.05) is 12.1 Å². The second kappa shape index (κ2) is 7.39. The average molecular weight is 443 g/mol. The van der Waals surface area contributed by atoms with E-state index >= 15 is 0 Å². The van der Waals surface area contributed by atoms with E-state index in [-0.39, 0.29) is 24.0 Å². The molecule has 0 spiro atoms. The van der Waals surface area contributed by atoms with E-state index in [2.05, 4.69) is 34.5 Å². The fraction of sp³-hybridized carbons (Fsp3) is 0.556. The number of hydrogen-bond acceptors (Lipinski definition) is 5. The van der Waals surface area contributed by atoms with Crippen molar-refractivity contribution in [3.8, 4) is 0 Å². The molecule has 1 aromatic rings. The summed E-state index contributed by atoms with van der Waals surface area (Å²) in [6, 6.07) is 8.11. The highest BCUT2D eigenvalue weighted by Crippen LogP contribution is 2.40. The number of esters is 2.